The minimum absolute atomic E-state index is 0.531. The molecule has 76 valence electrons. The van der Waals surface area contributed by atoms with Crippen molar-refractivity contribution in [3.8, 4) is 0 Å². The maximum atomic E-state index is 5.68. The van der Waals surface area contributed by atoms with Crippen molar-refractivity contribution in [1.82, 2.24) is 15.0 Å². The minimum atomic E-state index is 0.531. The average molecular weight is 200 g/mol. The molecule has 0 aromatic carbocycles. The molecule has 1 fully saturated rings. The van der Waals surface area contributed by atoms with Gasteiger partial charge in [0.25, 0.3) is 0 Å². The van der Waals surface area contributed by atoms with Gasteiger partial charge in [-0.1, -0.05) is 6.58 Å². The van der Waals surface area contributed by atoms with Crippen LogP contribution in [0.3, 0.4) is 0 Å². The highest BCUT2D eigenvalue weighted by molar-refractivity contribution is 5.85. The van der Waals surface area contributed by atoms with E-state index in [0.717, 1.165) is 22.4 Å². The van der Waals surface area contributed by atoms with Crippen molar-refractivity contribution in [2.75, 3.05) is 0 Å². The Labute approximate surface area is 87.2 Å². The topological polar surface area (TPSA) is 67.6 Å². The summed E-state index contributed by atoms with van der Waals surface area (Å²) in [7, 11) is 0. The van der Waals surface area contributed by atoms with Crippen LogP contribution in [0, 0.1) is 0 Å². The number of rotatable bonds is 2. The van der Waals surface area contributed by atoms with E-state index in [-0.39, 0.29) is 0 Å². The molecule has 0 unspecified atom stereocenters. The molecule has 2 aromatic rings. The lowest BCUT2D eigenvalue weighted by atomic mass is 10.2. The smallest absolute Gasteiger partial charge is 0.156 e. The maximum Gasteiger partial charge on any atom is 0.156 e. The summed E-state index contributed by atoms with van der Waals surface area (Å²) in [6.45, 7) is 3.73. The molecule has 1 saturated carbocycles. The van der Waals surface area contributed by atoms with E-state index in [4.69, 9.17) is 5.73 Å². The molecule has 15 heavy (non-hydrogen) atoms. The van der Waals surface area contributed by atoms with Gasteiger partial charge >= 0.3 is 0 Å². The number of H-pyrrole nitrogens is 1. The molecule has 0 atom stereocenters. The van der Waals surface area contributed by atoms with E-state index in [0.29, 0.717) is 11.6 Å². The monoisotopic (exact) mass is 200 g/mol. The summed E-state index contributed by atoms with van der Waals surface area (Å²) in [6.07, 6.45) is 6.11. The molecule has 3 rings (SSSR count). The third-order valence-electron chi connectivity index (χ3n) is 2.74. The number of hydrogen-bond donors (Lipinski definition) is 2. The first-order valence-electron chi connectivity index (χ1n) is 5.04. The Morgan fingerprint density at radius 2 is 2.33 bits per heavy atom. The van der Waals surface area contributed by atoms with Crippen molar-refractivity contribution in [3.05, 3.63) is 30.2 Å². The van der Waals surface area contributed by atoms with Gasteiger partial charge in [0.1, 0.15) is 5.52 Å². The van der Waals surface area contributed by atoms with Gasteiger partial charge in [-0.3, -0.25) is 0 Å². The predicted molar refractivity (Wildman–Crippen MR) is 59.1 cm³/mol. The van der Waals surface area contributed by atoms with Gasteiger partial charge in [-0.15, -0.1) is 0 Å². The first-order chi connectivity index (χ1) is 7.25. The molecule has 0 radical (unpaired) electrons. The van der Waals surface area contributed by atoms with Crippen molar-refractivity contribution in [2.45, 2.75) is 18.8 Å². The molecule has 0 amide bonds. The summed E-state index contributed by atoms with van der Waals surface area (Å²) >= 11 is 0. The summed E-state index contributed by atoms with van der Waals surface area (Å²) in [5.74, 6) is 0.607. The minimum Gasteiger partial charge on any atom is -0.399 e. The van der Waals surface area contributed by atoms with Crippen LogP contribution < -0.4 is 5.73 Å². The van der Waals surface area contributed by atoms with Crippen molar-refractivity contribution >= 4 is 16.9 Å². The second kappa shape index (κ2) is 2.82. The molecule has 1 aliphatic rings. The number of aromatic nitrogens is 3. The Morgan fingerprint density at radius 1 is 1.53 bits per heavy atom. The van der Waals surface area contributed by atoms with Crippen molar-refractivity contribution in [3.63, 3.8) is 0 Å². The Bertz CT molecular complexity index is 537. The summed E-state index contributed by atoms with van der Waals surface area (Å²) in [6, 6.07) is 0. The largest absolute Gasteiger partial charge is 0.399 e. The van der Waals surface area contributed by atoms with E-state index in [1.165, 1.54) is 12.8 Å². The van der Waals surface area contributed by atoms with E-state index in [1.54, 1.807) is 0 Å². The highest BCUT2D eigenvalue weighted by atomic mass is 14.9. The number of fused-ring (bicyclic) bond motifs is 1. The fraction of sp³-hybridized carbons (Fsp3) is 0.273. The fourth-order valence-electron chi connectivity index (χ4n) is 1.73. The predicted octanol–water partition coefficient (Wildman–Crippen LogP) is 1.76. The number of hydrogen-bond acceptors (Lipinski definition) is 3. The van der Waals surface area contributed by atoms with E-state index in [2.05, 4.69) is 21.5 Å². The molecule has 0 spiro atoms. The van der Waals surface area contributed by atoms with Crippen LogP contribution in [0.25, 0.3) is 16.9 Å². The highest BCUT2D eigenvalue weighted by Gasteiger charge is 2.26. The Morgan fingerprint density at radius 3 is 3.00 bits per heavy atom. The standard InChI is InChI=1S/C11H12N4/c1-6(12)8-4-13-11-10(8)15-9(5-14-11)7-2-3-7/h4-5,7H,1-3,12H2,(H,13,14). The van der Waals surface area contributed by atoms with Crippen LogP contribution in [0.4, 0.5) is 0 Å². The lowest BCUT2D eigenvalue weighted by Gasteiger charge is -1.99. The lowest BCUT2D eigenvalue weighted by molar-refractivity contribution is 1.02. The van der Waals surface area contributed by atoms with Crippen LogP contribution >= 0.6 is 0 Å². The number of aromatic amines is 1. The summed E-state index contributed by atoms with van der Waals surface area (Å²) in [4.78, 5) is 12.0. The molecule has 2 heterocycles. The van der Waals surface area contributed by atoms with Crippen molar-refractivity contribution in [2.24, 2.45) is 5.73 Å². The van der Waals surface area contributed by atoms with E-state index in [9.17, 15) is 0 Å². The van der Waals surface area contributed by atoms with Crippen LogP contribution in [0.2, 0.25) is 0 Å². The molecule has 0 saturated heterocycles. The number of nitrogens with zero attached hydrogens (tertiary/aromatic N) is 2. The quantitative estimate of drug-likeness (QED) is 0.776. The third-order valence-corrected chi connectivity index (χ3v) is 2.74. The second-order valence-electron chi connectivity index (χ2n) is 3.99. The molecular weight excluding hydrogens is 188 g/mol. The fourth-order valence-corrected chi connectivity index (χ4v) is 1.73. The Kier molecular flexibility index (Phi) is 1.59. The molecule has 1 aliphatic carbocycles. The van der Waals surface area contributed by atoms with Gasteiger partial charge < -0.3 is 10.7 Å². The SMILES string of the molecule is C=C(N)c1c[nH]c2ncc(C3CC3)nc12. The van der Waals surface area contributed by atoms with Crippen molar-refractivity contribution < 1.29 is 0 Å². The molecular formula is C11H12N4. The summed E-state index contributed by atoms with van der Waals surface area (Å²) in [5.41, 5.74) is 9.77. The average Bonchev–Trinajstić information content (AvgIpc) is 2.97. The normalized spacial score (nSPS) is 15.7. The van der Waals surface area contributed by atoms with E-state index >= 15 is 0 Å². The van der Waals surface area contributed by atoms with Crippen LogP contribution in [0.15, 0.2) is 19.0 Å². The molecule has 0 aliphatic heterocycles. The molecule has 4 nitrogen and oxygen atoms in total. The first kappa shape index (κ1) is 8.47. The Balaban J connectivity index is 2.21. The zero-order chi connectivity index (χ0) is 10.4. The third kappa shape index (κ3) is 1.29. The van der Waals surface area contributed by atoms with Gasteiger partial charge in [0, 0.05) is 23.4 Å². The van der Waals surface area contributed by atoms with Crippen LogP contribution in [0.5, 0.6) is 0 Å². The zero-order valence-corrected chi connectivity index (χ0v) is 8.33. The molecule has 4 heteroatoms. The highest BCUT2D eigenvalue weighted by Crippen LogP contribution is 2.39. The van der Waals surface area contributed by atoms with Gasteiger partial charge in [-0.2, -0.15) is 0 Å². The van der Waals surface area contributed by atoms with E-state index < -0.39 is 0 Å². The van der Waals surface area contributed by atoms with E-state index in [1.807, 2.05) is 12.4 Å². The van der Waals surface area contributed by atoms with Gasteiger partial charge in [0.15, 0.2) is 5.65 Å². The molecule has 3 N–H and O–H groups in total. The number of nitrogens with two attached hydrogens (primary N) is 1. The van der Waals surface area contributed by atoms with Crippen LogP contribution in [-0.2, 0) is 0 Å². The lowest BCUT2D eigenvalue weighted by Crippen LogP contribution is -1.95. The summed E-state index contributed by atoms with van der Waals surface area (Å²) in [5, 5.41) is 0. The van der Waals surface area contributed by atoms with Gasteiger partial charge in [-0.25, -0.2) is 9.97 Å². The van der Waals surface area contributed by atoms with Gasteiger partial charge in [-0.05, 0) is 12.8 Å². The van der Waals surface area contributed by atoms with Crippen LogP contribution in [-0.4, -0.2) is 15.0 Å². The van der Waals surface area contributed by atoms with Crippen molar-refractivity contribution in [1.29, 1.82) is 0 Å². The molecule has 0 bridgehead atoms. The number of nitrogens with one attached hydrogen (secondary N) is 1. The Hall–Kier alpha value is -1.84. The molecule has 2 aromatic heterocycles. The summed E-state index contributed by atoms with van der Waals surface area (Å²) < 4.78 is 0. The zero-order valence-electron chi connectivity index (χ0n) is 8.33. The second-order valence-corrected chi connectivity index (χ2v) is 3.99. The van der Waals surface area contributed by atoms with Gasteiger partial charge in [0.05, 0.1) is 11.9 Å². The first-order valence-corrected chi connectivity index (χ1v) is 5.04. The van der Waals surface area contributed by atoms with Crippen LogP contribution in [0.1, 0.15) is 30.0 Å². The van der Waals surface area contributed by atoms with Gasteiger partial charge in [0.2, 0.25) is 0 Å². The maximum absolute atomic E-state index is 5.68.